The van der Waals surface area contributed by atoms with Crippen LogP contribution in [0.4, 0.5) is 5.69 Å². The molecule has 0 radical (unpaired) electrons. The number of nitrogens with zero attached hydrogens (tertiary/aromatic N) is 2. The first-order chi connectivity index (χ1) is 12.8. The molecule has 1 heterocycles. The predicted octanol–water partition coefficient (Wildman–Crippen LogP) is 4.45. The van der Waals surface area contributed by atoms with Crippen molar-refractivity contribution in [3.05, 3.63) is 70.3 Å². The Morgan fingerprint density at radius 3 is 2.56 bits per heavy atom. The predicted molar refractivity (Wildman–Crippen MR) is 107 cm³/mol. The van der Waals surface area contributed by atoms with Crippen molar-refractivity contribution in [2.24, 2.45) is 0 Å². The Hall–Kier alpha value is -1.77. The summed E-state index contributed by atoms with van der Waals surface area (Å²) in [7, 11) is -3.91. The molecule has 0 aromatic heterocycles. The number of nitro benzene ring substituents is 1. The number of non-ortho nitro benzene ring substituents is 1. The maximum atomic E-state index is 13.5. The van der Waals surface area contributed by atoms with Gasteiger partial charge in [0, 0.05) is 23.5 Å². The van der Waals surface area contributed by atoms with Crippen LogP contribution in [0, 0.1) is 10.1 Å². The van der Waals surface area contributed by atoms with Crippen LogP contribution in [0.1, 0.15) is 31.7 Å². The zero-order valence-corrected chi connectivity index (χ0v) is 17.3. The van der Waals surface area contributed by atoms with E-state index in [-0.39, 0.29) is 15.4 Å². The van der Waals surface area contributed by atoms with Gasteiger partial charge in [-0.05, 0) is 30.9 Å². The zero-order valence-electron chi connectivity index (χ0n) is 14.9. The third-order valence-corrected chi connectivity index (χ3v) is 8.47. The minimum absolute atomic E-state index is 0.0466. The van der Waals surface area contributed by atoms with E-state index in [1.54, 1.807) is 0 Å². The van der Waals surface area contributed by atoms with Crippen molar-refractivity contribution in [2.45, 2.75) is 41.4 Å². The van der Waals surface area contributed by atoms with E-state index in [4.69, 9.17) is 0 Å². The SMILES string of the molecule is CC[C@H](Br)[C@@]1(c2ccccc2)CCCN1S(=O)(=O)c1cccc([N+](=O)[O-])c1. The van der Waals surface area contributed by atoms with Gasteiger partial charge in [0.1, 0.15) is 0 Å². The fraction of sp³-hybridized carbons (Fsp3) is 0.368. The van der Waals surface area contributed by atoms with Gasteiger partial charge < -0.3 is 0 Å². The minimum atomic E-state index is -3.91. The minimum Gasteiger partial charge on any atom is -0.258 e. The average molecular weight is 453 g/mol. The molecule has 1 fully saturated rings. The first-order valence-corrected chi connectivity index (χ1v) is 11.2. The van der Waals surface area contributed by atoms with E-state index in [1.165, 1.54) is 22.5 Å². The van der Waals surface area contributed by atoms with Gasteiger partial charge in [-0.15, -0.1) is 0 Å². The molecule has 2 aromatic carbocycles. The van der Waals surface area contributed by atoms with Gasteiger partial charge in [0.25, 0.3) is 5.69 Å². The normalized spacial score (nSPS) is 21.9. The second-order valence-corrected chi connectivity index (χ2v) is 9.57. The molecule has 2 aromatic rings. The maximum Gasteiger partial charge on any atom is 0.270 e. The number of rotatable bonds is 6. The molecule has 0 amide bonds. The number of sulfonamides is 1. The van der Waals surface area contributed by atoms with Crippen LogP contribution in [-0.4, -0.2) is 29.0 Å². The van der Waals surface area contributed by atoms with Crippen molar-refractivity contribution < 1.29 is 13.3 Å². The lowest BCUT2D eigenvalue weighted by molar-refractivity contribution is -0.385. The lowest BCUT2D eigenvalue weighted by Crippen LogP contribution is -2.50. The Morgan fingerprint density at radius 2 is 1.93 bits per heavy atom. The fourth-order valence-electron chi connectivity index (χ4n) is 3.88. The molecule has 8 heteroatoms. The molecule has 0 aliphatic carbocycles. The highest BCUT2D eigenvalue weighted by Crippen LogP contribution is 2.48. The summed E-state index contributed by atoms with van der Waals surface area (Å²) in [4.78, 5) is 10.4. The number of hydrogen-bond acceptors (Lipinski definition) is 4. The molecule has 3 rings (SSSR count). The lowest BCUT2D eigenvalue weighted by atomic mass is 9.84. The summed E-state index contributed by atoms with van der Waals surface area (Å²) >= 11 is 3.73. The van der Waals surface area contributed by atoms with Gasteiger partial charge in [0.2, 0.25) is 10.0 Å². The van der Waals surface area contributed by atoms with Crippen LogP contribution >= 0.6 is 15.9 Å². The van der Waals surface area contributed by atoms with E-state index in [9.17, 15) is 18.5 Å². The summed E-state index contributed by atoms with van der Waals surface area (Å²) in [5.74, 6) is 0. The number of benzene rings is 2. The maximum absolute atomic E-state index is 13.5. The third-order valence-electron chi connectivity index (χ3n) is 5.13. The first kappa shape index (κ1) is 20.0. The van der Waals surface area contributed by atoms with Crippen molar-refractivity contribution in [1.29, 1.82) is 0 Å². The summed E-state index contributed by atoms with van der Waals surface area (Å²) in [6, 6.07) is 14.9. The van der Waals surface area contributed by atoms with E-state index >= 15 is 0 Å². The Kier molecular flexibility index (Phi) is 5.69. The molecule has 1 aliphatic rings. The van der Waals surface area contributed by atoms with Crippen LogP contribution in [0.5, 0.6) is 0 Å². The number of nitro groups is 1. The molecule has 27 heavy (non-hydrogen) atoms. The van der Waals surface area contributed by atoms with Crippen molar-refractivity contribution in [3.63, 3.8) is 0 Å². The molecular weight excluding hydrogens is 432 g/mol. The van der Waals surface area contributed by atoms with Gasteiger partial charge in [0.15, 0.2) is 0 Å². The lowest BCUT2D eigenvalue weighted by Gasteiger charge is -2.41. The Morgan fingerprint density at radius 1 is 1.22 bits per heavy atom. The topological polar surface area (TPSA) is 80.5 Å². The summed E-state index contributed by atoms with van der Waals surface area (Å²) in [6.45, 7) is 2.39. The average Bonchev–Trinajstić information content (AvgIpc) is 3.15. The van der Waals surface area contributed by atoms with Crippen LogP contribution in [-0.2, 0) is 15.6 Å². The number of alkyl halides is 1. The summed E-state index contributed by atoms with van der Waals surface area (Å²) in [6.07, 6.45) is 2.16. The third kappa shape index (κ3) is 3.41. The van der Waals surface area contributed by atoms with E-state index in [0.29, 0.717) is 13.0 Å². The highest BCUT2D eigenvalue weighted by molar-refractivity contribution is 9.09. The highest BCUT2D eigenvalue weighted by atomic mass is 79.9. The van der Waals surface area contributed by atoms with E-state index in [0.717, 1.165) is 24.5 Å². The van der Waals surface area contributed by atoms with Gasteiger partial charge in [-0.2, -0.15) is 4.31 Å². The number of halogens is 1. The van der Waals surface area contributed by atoms with Crippen LogP contribution in [0.2, 0.25) is 0 Å². The standard InChI is InChI=1S/C19H21BrN2O4S/c1-2-18(20)19(15-8-4-3-5-9-15)12-7-13-21(19)27(25,26)17-11-6-10-16(14-17)22(23)24/h3-6,8-11,14,18H,2,7,12-13H2,1H3/t18-,19-/m0/s1. The van der Waals surface area contributed by atoms with Gasteiger partial charge >= 0.3 is 0 Å². The quantitative estimate of drug-likeness (QED) is 0.368. The molecule has 6 nitrogen and oxygen atoms in total. The summed E-state index contributed by atoms with van der Waals surface area (Å²) < 4.78 is 28.5. The second-order valence-electron chi connectivity index (χ2n) is 6.60. The molecule has 1 aliphatic heterocycles. The van der Waals surface area contributed by atoms with E-state index in [1.807, 2.05) is 37.3 Å². The molecule has 0 unspecified atom stereocenters. The van der Waals surface area contributed by atoms with Gasteiger partial charge in [-0.1, -0.05) is 59.3 Å². The molecular formula is C19H21BrN2O4S. The second kappa shape index (κ2) is 7.69. The fourth-order valence-corrected chi connectivity index (χ4v) is 6.66. The first-order valence-electron chi connectivity index (χ1n) is 8.81. The van der Waals surface area contributed by atoms with Gasteiger partial charge in [-0.3, -0.25) is 10.1 Å². The zero-order chi connectivity index (χ0) is 19.7. The van der Waals surface area contributed by atoms with Crippen LogP contribution < -0.4 is 0 Å². The monoisotopic (exact) mass is 452 g/mol. The summed E-state index contributed by atoms with van der Waals surface area (Å²) in [5.41, 5.74) is -0.0221. The van der Waals surface area contributed by atoms with Crippen LogP contribution in [0.3, 0.4) is 0 Å². The molecule has 0 spiro atoms. The van der Waals surface area contributed by atoms with Crippen molar-refractivity contribution >= 4 is 31.6 Å². The molecule has 144 valence electrons. The molecule has 0 bridgehead atoms. The van der Waals surface area contributed by atoms with Crippen molar-refractivity contribution in [1.82, 2.24) is 4.31 Å². The molecule has 0 N–H and O–H groups in total. The molecule has 0 saturated carbocycles. The van der Waals surface area contributed by atoms with Crippen molar-refractivity contribution in [2.75, 3.05) is 6.54 Å². The van der Waals surface area contributed by atoms with E-state index in [2.05, 4.69) is 15.9 Å². The molecule has 1 saturated heterocycles. The Labute approximate surface area is 167 Å². The largest absolute Gasteiger partial charge is 0.270 e. The highest BCUT2D eigenvalue weighted by Gasteiger charge is 2.52. The molecule has 2 atom stereocenters. The smallest absolute Gasteiger partial charge is 0.258 e. The van der Waals surface area contributed by atoms with Crippen LogP contribution in [0.15, 0.2) is 59.5 Å². The number of hydrogen-bond donors (Lipinski definition) is 0. The Balaban J connectivity index is 2.16. The summed E-state index contributed by atoms with van der Waals surface area (Å²) in [5, 5.41) is 11.1. The van der Waals surface area contributed by atoms with Gasteiger partial charge in [-0.25, -0.2) is 8.42 Å². The van der Waals surface area contributed by atoms with Gasteiger partial charge in [0.05, 0.1) is 15.4 Å². The van der Waals surface area contributed by atoms with E-state index < -0.39 is 20.5 Å². The van der Waals surface area contributed by atoms with Crippen LogP contribution in [0.25, 0.3) is 0 Å². The Bertz CT molecular complexity index is 936. The van der Waals surface area contributed by atoms with Crippen molar-refractivity contribution in [3.8, 4) is 0 Å².